The number of morpholine rings is 1. The number of rotatable bonds is 4. The van der Waals surface area contributed by atoms with Crippen LogP contribution in [0.5, 0.6) is 0 Å². The Morgan fingerprint density at radius 3 is 2.89 bits per heavy atom. The van der Waals surface area contributed by atoms with Gasteiger partial charge in [0, 0.05) is 25.8 Å². The SMILES string of the molecule is I.NC(=NCCN1CCOCC1)Nc1ccccn1. The lowest BCUT2D eigenvalue weighted by atomic mass is 10.4. The number of nitrogens with two attached hydrogens (primary N) is 1. The summed E-state index contributed by atoms with van der Waals surface area (Å²) in [7, 11) is 0. The number of aliphatic imine (C=N–C) groups is 1. The maximum Gasteiger partial charge on any atom is 0.194 e. The van der Waals surface area contributed by atoms with Gasteiger partial charge in [-0.25, -0.2) is 4.98 Å². The molecule has 1 saturated heterocycles. The first-order valence-corrected chi connectivity index (χ1v) is 6.13. The zero-order valence-electron chi connectivity index (χ0n) is 10.8. The van der Waals surface area contributed by atoms with E-state index >= 15 is 0 Å². The average Bonchev–Trinajstić information content (AvgIpc) is 2.41. The van der Waals surface area contributed by atoms with Crippen molar-refractivity contribution in [3.63, 3.8) is 0 Å². The molecule has 0 radical (unpaired) electrons. The number of ether oxygens (including phenoxy) is 1. The molecule has 1 aliphatic heterocycles. The van der Waals surface area contributed by atoms with Gasteiger partial charge in [-0.05, 0) is 12.1 Å². The van der Waals surface area contributed by atoms with E-state index in [0.29, 0.717) is 18.3 Å². The molecule has 0 amide bonds. The van der Waals surface area contributed by atoms with Gasteiger partial charge in [-0.15, -0.1) is 24.0 Å². The van der Waals surface area contributed by atoms with Crippen LogP contribution in [0.3, 0.4) is 0 Å². The van der Waals surface area contributed by atoms with Crippen LogP contribution in [0.4, 0.5) is 5.82 Å². The number of anilines is 1. The van der Waals surface area contributed by atoms with Crippen molar-refractivity contribution in [2.24, 2.45) is 10.7 Å². The Morgan fingerprint density at radius 1 is 1.42 bits per heavy atom. The highest BCUT2D eigenvalue weighted by molar-refractivity contribution is 14.0. The molecule has 0 aliphatic carbocycles. The molecule has 0 aromatic carbocycles. The van der Waals surface area contributed by atoms with Crippen LogP contribution in [-0.2, 0) is 4.74 Å². The zero-order valence-corrected chi connectivity index (χ0v) is 13.1. The lowest BCUT2D eigenvalue weighted by molar-refractivity contribution is 0.0394. The van der Waals surface area contributed by atoms with Gasteiger partial charge in [-0.2, -0.15) is 0 Å². The molecule has 2 rings (SSSR count). The number of halogens is 1. The predicted molar refractivity (Wildman–Crippen MR) is 87.0 cm³/mol. The van der Waals surface area contributed by atoms with Gasteiger partial charge < -0.3 is 15.8 Å². The summed E-state index contributed by atoms with van der Waals surface area (Å²) in [5.74, 6) is 1.12. The first-order valence-electron chi connectivity index (χ1n) is 6.13. The Kier molecular flexibility index (Phi) is 7.68. The fourth-order valence-electron chi connectivity index (χ4n) is 1.74. The van der Waals surface area contributed by atoms with Gasteiger partial charge in [0.25, 0.3) is 0 Å². The van der Waals surface area contributed by atoms with Gasteiger partial charge in [0.15, 0.2) is 5.96 Å². The van der Waals surface area contributed by atoms with Crippen molar-refractivity contribution in [3.8, 4) is 0 Å². The quantitative estimate of drug-likeness (QED) is 0.460. The molecule has 0 spiro atoms. The van der Waals surface area contributed by atoms with E-state index in [0.717, 1.165) is 32.8 Å². The number of hydrogen-bond donors (Lipinski definition) is 2. The van der Waals surface area contributed by atoms with Crippen molar-refractivity contribution in [3.05, 3.63) is 24.4 Å². The molecule has 0 atom stereocenters. The molecule has 19 heavy (non-hydrogen) atoms. The number of nitrogens with zero attached hydrogens (tertiary/aromatic N) is 3. The van der Waals surface area contributed by atoms with Gasteiger partial charge in [0.2, 0.25) is 0 Å². The maximum absolute atomic E-state index is 5.78. The summed E-state index contributed by atoms with van der Waals surface area (Å²) in [6.45, 7) is 5.17. The third-order valence-corrected chi connectivity index (χ3v) is 2.72. The fourth-order valence-corrected chi connectivity index (χ4v) is 1.74. The second-order valence-electron chi connectivity index (χ2n) is 4.06. The lowest BCUT2D eigenvalue weighted by Gasteiger charge is -2.25. The molecule has 0 saturated carbocycles. The molecule has 1 aliphatic rings. The zero-order chi connectivity index (χ0) is 12.6. The van der Waals surface area contributed by atoms with Crippen molar-refractivity contribution in [1.82, 2.24) is 9.88 Å². The summed E-state index contributed by atoms with van der Waals surface area (Å²) in [5.41, 5.74) is 5.78. The van der Waals surface area contributed by atoms with Crippen LogP contribution in [0.25, 0.3) is 0 Å². The Morgan fingerprint density at radius 2 is 2.21 bits per heavy atom. The molecule has 2 heterocycles. The smallest absolute Gasteiger partial charge is 0.194 e. The molecule has 1 fully saturated rings. The van der Waals surface area contributed by atoms with Crippen molar-refractivity contribution >= 4 is 35.8 Å². The van der Waals surface area contributed by atoms with Crippen LogP contribution < -0.4 is 11.1 Å². The molecule has 1 aromatic rings. The molecular formula is C12H20IN5O. The maximum atomic E-state index is 5.78. The first kappa shape index (κ1) is 16.1. The summed E-state index contributed by atoms with van der Waals surface area (Å²) >= 11 is 0. The average molecular weight is 377 g/mol. The minimum absolute atomic E-state index is 0. The van der Waals surface area contributed by atoms with Crippen molar-refractivity contribution in [2.75, 3.05) is 44.7 Å². The summed E-state index contributed by atoms with van der Waals surface area (Å²) < 4.78 is 5.28. The molecule has 0 unspecified atom stereocenters. The second kappa shape index (κ2) is 9.05. The molecule has 6 nitrogen and oxygen atoms in total. The van der Waals surface area contributed by atoms with Crippen LogP contribution in [0.15, 0.2) is 29.4 Å². The third kappa shape index (κ3) is 6.17. The van der Waals surface area contributed by atoms with E-state index in [-0.39, 0.29) is 24.0 Å². The van der Waals surface area contributed by atoms with Crippen molar-refractivity contribution < 1.29 is 4.74 Å². The molecule has 1 aromatic heterocycles. The minimum atomic E-state index is 0. The van der Waals surface area contributed by atoms with Crippen molar-refractivity contribution in [2.45, 2.75) is 0 Å². The fraction of sp³-hybridized carbons (Fsp3) is 0.500. The van der Waals surface area contributed by atoms with E-state index in [9.17, 15) is 0 Å². The Balaban J connectivity index is 0.00000180. The van der Waals surface area contributed by atoms with E-state index in [1.54, 1.807) is 6.20 Å². The number of aromatic nitrogens is 1. The summed E-state index contributed by atoms with van der Waals surface area (Å²) in [6, 6.07) is 5.61. The van der Waals surface area contributed by atoms with E-state index in [2.05, 4.69) is 20.2 Å². The third-order valence-electron chi connectivity index (χ3n) is 2.72. The van der Waals surface area contributed by atoms with Crippen LogP contribution in [-0.4, -0.2) is 55.2 Å². The number of pyridine rings is 1. The number of guanidine groups is 1. The van der Waals surface area contributed by atoms with Crippen LogP contribution in [0.1, 0.15) is 0 Å². The van der Waals surface area contributed by atoms with Gasteiger partial charge in [0.1, 0.15) is 5.82 Å². The van der Waals surface area contributed by atoms with E-state index < -0.39 is 0 Å². The monoisotopic (exact) mass is 377 g/mol. The Labute approximate surface area is 130 Å². The minimum Gasteiger partial charge on any atom is -0.379 e. The Bertz CT molecular complexity index is 381. The van der Waals surface area contributed by atoms with Crippen LogP contribution in [0, 0.1) is 0 Å². The largest absolute Gasteiger partial charge is 0.379 e. The predicted octanol–water partition coefficient (Wildman–Crippen LogP) is 0.758. The number of hydrogen-bond acceptors (Lipinski definition) is 4. The normalized spacial score (nSPS) is 16.7. The molecule has 3 N–H and O–H groups in total. The van der Waals surface area contributed by atoms with Gasteiger partial charge in [-0.1, -0.05) is 6.07 Å². The van der Waals surface area contributed by atoms with Crippen molar-refractivity contribution in [1.29, 1.82) is 0 Å². The van der Waals surface area contributed by atoms with E-state index in [1.165, 1.54) is 0 Å². The molecule has 0 bridgehead atoms. The standard InChI is InChI=1S/C12H19N5O.HI/c13-12(16-11-3-1-2-4-14-11)15-5-6-17-7-9-18-10-8-17;/h1-4H,5-10H2,(H3,13,14,15,16);1H. The highest BCUT2D eigenvalue weighted by atomic mass is 127. The molecular weight excluding hydrogens is 357 g/mol. The highest BCUT2D eigenvalue weighted by Gasteiger charge is 2.08. The molecule has 7 heteroatoms. The number of nitrogens with one attached hydrogen (secondary N) is 1. The topological polar surface area (TPSA) is 75.8 Å². The van der Waals surface area contributed by atoms with Crippen LogP contribution >= 0.6 is 24.0 Å². The Hall–Kier alpha value is -0.930. The highest BCUT2D eigenvalue weighted by Crippen LogP contribution is 1.99. The summed E-state index contributed by atoms with van der Waals surface area (Å²) in [6.07, 6.45) is 1.71. The van der Waals surface area contributed by atoms with Gasteiger partial charge in [0.05, 0.1) is 19.8 Å². The summed E-state index contributed by atoms with van der Waals surface area (Å²) in [4.78, 5) is 10.7. The lowest BCUT2D eigenvalue weighted by Crippen LogP contribution is -2.38. The summed E-state index contributed by atoms with van der Waals surface area (Å²) in [5, 5.41) is 2.95. The van der Waals surface area contributed by atoms with Gasteiger partial charge >= 0.3 is 0 Å². The first-order chi connectivity index (χ1) is 8.84. The van der Waals surface area contributed by atoms with E-state index in [1.807, 2.05) is 18.2 Å². The second-order valence-corrected chi connectivity index (χ2v) is 4.06. The van der Waals surface area contributed by atoms with Gasteiger partial charge in [-0.3, -0.25) is 9.89 Å². The van der Waals surface area contributed by atoms with Crippen LogP contribution in [0.2, 0.25) is 0 Å². The van der Waals surface area contributed by atoms with E-state index in [4.69, 9.17) is 10.5 Å². The molecule has 106 valence electrons.